The number of rotatable bonds is 7. The molecule has 0 bridgehead atoms. The first-order valence-corrected chi connectivity index (χ1v) is 11.8. The van der Waals surface area contributed by atoms with E-state index in [2.05, 4.69) is 15.6 Å². The molecule has 1 saturated heterocycles. The molecule has 0 saturated carbocycles. The molecule has 2 amide bonds. The number of nitrogens with zero attached hydrogens (tertiary/aromatic N) is 2. The normalized spacial score (nSPS) is 14.1. The lowest BCUT2D eigenvalue weighted by molar-refractivity contribution is 0.0699. The molecule has 4 rings (SSSR count). The van der Waals surface area contributed by atoms with Crippen LogP contribution in [0.2, 0.25) is 0 Å². The van der Waals surface area contributed by atoms with E-state index in [0.717, 1.165) is 0 Å². The minimum absolute atomic E-state index is 0.00486. The van der Waals surface area contributed by atoms with Gasteiger partial charge in [-0.15, -0.1) is 0 Å². The summed E-state index contributed by atoms with van der Waals surface area (Å²) in [4.78, 5) is 31.8. The summed E-state index contributed by atoms with van der Waals surface area (Å²) < 4.78 is 25.1. The van der Waals surface area contributed by atoms with Crippen LogP contribution in [0.4, 0.5) is 20.2 Å². The van der Waals surface area contributed by atoms with Crippen molar-refractivity contribution in [2.24, 2.45) is 0 Å². The number of alkyl halides is 2. The second kappa shape index (κ2) is 11.1. The molecule has 0 radical (unpaired) electrons. The number of thioether (sulfide) groups is 1. The Balaban J connectivity index is 1.36. The predicted octanol–water partition coefficient (Wildman–Crippen LogP) is 5.17. The van der Waals surface area contributed by atoms with E-state index >= 15 is 0 Å². The molecule has 1 aliphatic rings. The number of amides is 2. The summed E-state index contributed by atoms with van der Waals surface area (Å²) in [5.74, 6) is -2.72. The van der Waals surface area contributed by atoms with Crippen LogP contribution in [0, 0.1) is 0 Å². The maximum Gasteiger partial charge on any atom is 0.288 e. The highest BCUT2D eigenvalue weighted by Crippen LogP contribution is 2.28. The van der Waals surface area contributed by atoms with Crippen molar-refractivity contribution in [1.29, 1.82) is 0 Å². The third kappa shape index (κ3) is 6.11. The average Bonchev–Trinajstić information content (AvgIpc) is 2.86. The molecular formula is C25H24F2N4O2S. The largest absolute Gasteiger partial charge is 0.355 e. The number of carbonyl (C=O) groups excluding carboxylic acids is 2. The van der Waals surface area contributed by atoms with E-state index in [1.807, 2.05) is 18.2 Å². The van der Waals surface area contributed by atoms with E-state index in [4.69, 9.17) is 0 Å². The van der Waals surface area contributed by atoms with Crippen molar-refractivity contribution in [2.45, 2.75) is 29.5 Å². The van der Waals surface area contributed by atoms with E-state index < -0.39 is 5.76 Å². The molecule has 176 valence electrons. The van der Waals surface area contributed by atoms with Crippen LogP contribution in [0.25, 0.3) is 0 Å². The van der Waals surface area contributed by atoms with E-state index in [0.29, 0.717) is 65.1 Å². The van der Waals surface area contributed by atoms with Crippen molar-refractivity contribution in [2.75, 3.05) is 18.4 Å². The summed E-state index contributed by atoms with van der Waals surface area (Å²) in [5.41, 5.74) is 2.40. The highest BCUT2D eigenvalue weighted by atomic mass is 32.2. The topological polar surface area (TPSA) is 74.3 Å². The van der Waals surface area contributed by atoms with Gasteiger partial charge < -0.3 is 15.5 Å². The summed E-state index contributed by atoms with van der Waals surface area (Å²) in [6.07, 6.45) is 4.48. The third-order valence-corrected chi connectivity index (χ3v) is 6.28. The van der Waals surface area contributed by atoms with Crippen LogP contribution in [0.3, 0.4) is 0 Å². The predicted molar refractivity (Wildman–Crippen MR) is 129 cm³/mol. The van der Waals surface area contributed by atoms with Gasteiger partial charge in [0.2, 0.25) is 0 Å². The number of anilines is 2. The Kier molecular flexibility index (Phi) is 7.74. The molecule has 1 fully saturated rings. The number of likely N-dealkylation sites (tertiary alicyclic amines) is 1. The van der Waals surface area contributed by atoms with Gasteiger partial charge in [-0.05, 0) is 61.4 Å². The lowest BCUT2D eigenvalue weighted by Crippen LogP contribution is -2.46. The molecule has 1 aliphatic heterocycles. The molecular weight excluding hydrogens is 458 g/mol. The molecule has 0 unspecified atom stereocenters. The van der Waals surface area contributed by atoms with Crippen molar-refractivity contribution in [3.05, 3.63) is 84.2 Å². The van der Waals surface area contributed by atoms with Gasteiger partial charge in [0.25, 0.3) is 17.6 Å². The monoisotopic (exact) mass is 482 g/mol. The molecule has 0 atom stereocenters. The number of hydrogen-bond donors (Lipinski definition) is 2. The smallest absolute Gasteiger partial charge is 0.288 e. The lowest BCUT2D eigenvalue weighted by atomic mass is 10.0. The van der Waals surface area contributed by atoms with Crippen LogP contribution in [0.15, 0.2) is 78.0 Å². The van der Waals surface area contributed by atoms with Gasteiger partial charge in [0.15, 0.2) is 0 Å². The first-order valence-electron chi connectivity index (χ1n) is 10.9. The van der Waals surface area contributed by atoms with Gasteiger partial charge in [-0.3, -0.25) is 14.6 Å². The number of benzene rings is 2. The van der Waals surface area contributed by atoms with E-state index in [-0.39, 0.29) is 17.9 Å². The van der Waals surface area contributed by atoms with Crippen LogP contribution in [-0.2, 0) is 0 Å². The Morgan fingerprint density at radius 3 is 2.41 bits per heavy atom. The summed E-state index contributed by atoms with van der Waals surface area (Å²) in [6, 6.07) is 17.3. The summed E-state index contributed by atoms with van der Waals surface area (Å²) >= 11 is 0.491. The van der Waals surface area contributed by atoms with Gasteiger partial charge in [0.05, 0.1) is 16.8 Å². The van der Waals surface area contributed by atoms with E-state index in [1.165, 1.54) is 6.20 Å². The summed E-state index contributed by atoms with van der Waals surface area (Å²) in [5, 5.41) is 6.24. The van der Waals surface area contributed by atoms with Crippen LogP contribution >= 0.6 is 11.8 Å². The summed E-state index contributed by atoms with van der Waals surface area (Å²) in [6.45, 7) is 1.06. The highest BCUT2D eigenvalue weighted by Gasteiger charge is 2.26. The second-order valence-electron chi connectivity index (χ2n) is 7.86. The van der Waals surface area contributed by atoms with E-state index in [9.17, 15) is 18.4 Å². The zero-order valence-corrected chi connectivity index (χ0v) is 19.1. The molecule has 34 heavy (non-hydrogen) atoms. The van der Waals surface area contributed by atoms with Crippen molar-refractivity contribution in [3.8, 4) is 0 Å². The zero-order valence-electron chi connectivity index (χ0n) is 18.3. The SMILES string of the molecule is O=C(NC1CCN(C(=O)c2ccccc2Nc2ccc(SC(F)F)cc2)CC1)c1cccnc1. The molecule has 6 nitrogen and oxygen atoms in total. The molecule has 2 heterocycles. The zero-order chi connectivity index (χ0) is 23.9. The fraction of sp³-hybridized carbons (Fsp3) is 0.240. The molecule has 0 spiro atoms. The van der Waals surface area contributed by atoms with Gasteiger partial charge in [-0.2, -0.15) is 8.78 Å². The minimum Gasteiger partial charge on any atom is -0.355 e. The van der Waals surface area contributed by atoms with Crippen LogP contribution in [0.1, 0.15) is 33.6 Å². The Morgan fingerprint density at radius 1 is 1.00 bits per heavy atom. The van der Waals surface area contributed by atoms with Crippen molar-refractivity contribution < 1.29 is 18.4 Å². The maximum absolute atomic E-state index is 13.2. The first kappa shape index (κ1) is 23.7. The summed E-state index contributed by atoms with van der Waals surface area (Å²) in [7, 11) is 0. The average molecular weight is 483 g/mol. The van der Waals surface area contributed by atoms with Crippen molar-refractivity contribution in [1.82, 2.24) is 15.2 Å². The number of carbonyl (C=O) groups is 2. The maximum atomic E-state index is 13.2. The molecule has 1 aromatic heterocycles. The van der Waals surface area contributed by atoms with Gasteiger partial charge in [0, 0.05) is 42.1 Å². The van der Waals surface area contributed by atoms with E-state index in [1.54, 1.807) is 53.6 Å². The second-order valence-corrected chi connectivity index (χ2v) is 8.92. The Hall–Kier alpha value is -3.46. The first-order chi connectivity index (χ1) is 16.5. The van der Waals surface area contributed by atoms with Gasteiger partial charge in [0.1, 0.15) is 0 Å². The number of aromatic nitrogens is 1. The number of piperidine rings is 1. The number of hydrogen-bond acceptors (Lipinski definition) is 5. The molecule has 9 heteroatoms. The molecule has 2 aromatic carbocycles. The van der Waals surface area contributed by atoms with Crippen molar-refractivity contribution in [3.63, 3.8) is 0 Å². The number of pyridine rings is 1. The number of halogens is 2. The van der Waals surface area contributed by atoms with Crippen LogP contribution < -0.4 is 10.6 Å². The van der Waals surface area contributed by atoms with Crippen LogP contribution in [0.5, 0.6) is 0 Å². The third-order valence-electron chi connectivity index (χ3n) is 5.56. The van der Waals surface area contributed by atoms with Gasteiger partial charge in [-0.1, -0.05) is 23.9 Å². The number of para-hydroxylation sites is 1. The quantitative estimate of drug-likeness (QED) is 0.454. The van der Waals surface area contributed by atoms with Gasteiger partial charge >= 0.3 is 0 Å². The Labute approximate surface area is 200 Å². The molecule has 3 aromatic rings. The number of nitrogens with one attached hydrogen (secondary N) is 2. The molecule has 2 N–H and O–H groups in total. The molecule has 0 aliphatic carbocycles. The minimum atomic E-state index is -2.47. The fourth-order valence-electron chi connectivity index (χ4n) is 3.82. The highest BCUT2D eigenvalue weighted by molar-refractivity contribution is 7.99. The van der Waals surface area contributed by atoms with Crippen molar-refractivity contribution >= 4 is 35.0 Å². The fourth-order valence-corrected chi connectivity index (χ4v) is 4.32. The lowest BCUT2D eigenvalue weighted by Gasteiger charge is -2.33. The standard InChI is InChI=1S/C25H24F2N4O2S/c26-25(27)34-20-9-7-18(8-10-20)29-22-6-2-1-5-21(22)24(33)31-14-11-19(12-15-31)30-23(32)17-4-3-13-28-16-17/h1-10,13,16,19,25,29H,11-12,14-15H2,(H,30,32). The Morgan fingerprint density at radius 2 is 1.74 bits per heavy atom. The Bertz CT molecular complexity index is 1120. The van der Waals surface area contributed by atoms with Crippen LogP contribution in [-0.4, -0.2) is 46.6 Å². The van der Waals surface area contributed by atoms with Gasteiger partial charge in [-0.25, -0.2) is 0 Å².